The summed E-state index contributed by atoms with van der Waals surface area (Å²) in [7, 11) is -15.2. The van der Waals surface area contributed by atoms with Crippen LogP contribution in [0.15, 0.2) is 127 Å². The lowest BCUT2D eigenvalue weighted by atomic mass is 10.1. The van der Waals surface area contributed by atoms with Crippen LogP contribution >= 0.6 is 0 Å². The van der Waals surface area contributed by atoms with E-state index in [0.29, 0.717) is 61.8 Å². The molecule has 43 heteroatoms. The van der Waals surface area contributed by atoms with Crippen molar-refractivity contribution in [2.45, 2.75) is 26.2 Å². The molecule has 106 heavy (non-hydrogen) atoms. The minimum Gasteiger partial charge on any atom is -0.495 e. The summed E-state index contributed by atoms with van der Waals surface area (Å²) in [5.74, 6) is -0.643. The Morgan fingerprint density at radius 3 is 1.13 bits per heavy atom. The van der Waals surface area contributed by atoms with Gasteiger partial charge in [0, 0.05) is 28.1 Å². The summed E-state index contributed by atoms with van der Waals surface area (Å²) in [6.07, 6.45) is 18.2. The fraction of sp³-hybridized carbons (Fsp3) is 0.143. The summed E-state index contributed by atoms with van der Waals surface area (Å²) < 4.78 is 183. The van der Waals surface area contributed by atoms with Gasteiger partial charge in [0.15, 0.2) is 51.8 Å². The summed E-state index contributed by atoms with van der Waals surface area (Å²) in [6, 6.07) is 27.4. The van der Waals surface area contributed by atoms with Crippen LogP contribution in [0.2, 0.25) is 0 Å². The fourth-order valence-electron chi connectivity index (χ4n) is 7.97. The molecule has 0 bridgehead atoms. The molecule has 1 heterocycles. The molecule has 1 aromatic heterocycles. The van der Waals surface area contributed by atoms with Crippen LogP contribution in [0, 0.1) is 0 Å². The van der Waals surface area contributed by atoms with Crippen molar-refractivity contribution < 1.29 is 129 Å². The Bertz CT molecular complexity index is 5050. The highest BCUT2D eigenvalue weighted by Gasteiger charge is 2.19. The number of carbonyl (C=O) groups excluding carboxylic acids is 3. The highest BCUT2D eigenvalue weighted by Crippen LogP contribution is 2.40. The van der Waals surface area contributed by atoms with Gasteiger partial charge < -0.3 is 68.8 Å². The van der Waals surface area contributed by atoms with Gasteiger partial charge in [-0.3, -0.25) is 19.5 Å². The lowest BCUT2D eigenvalue weighted by Crippen LogP contribution is -2.19. The SMILES string of the molecule is COc1cc(/C=C/C(=O)/C=C/c2cc(OC)c(OS(N)(=O)=O)c(OC)c2)cc(CO)c1N.COc1cc(/C=C/C(=O)CC(=O)/C=C/c2ccc(N)c(CO)c2)ccc1OS(N)(=O)=O.COc1cc(/C=C/c2cc(/C=C/c3ccc(N)c(CO)c3)n[nH]2)ccc1OS(N)(=O)=O.O=S(=O)=O.O=S(=O)=O.O=S(=O)=O. The number of hydrogen-bond donors (Lipinski definition) is 10. The smallest absolute Gasteiger partial charge is 0.425 e. The van der Waals surface area contributed by atoms with Gasteiger partial charge in [0.05, 0.1) is 78.9 Å². The molecular formula is C63H68N8O29S6. The first kappa shape index (κ1) is 90.3. The van der Waals surface area contributed by atoms with Crippen LogP contribution in [0.4, 0.5) is 17.1 Å². The maximum atomic E-state index is 12.3. The number of aromatic amines is 1. The highest BCUT2D eigenvalue weighted by atomic mass is 32.2. The minimum atomic E-state index is -4.30. The van der Waals surface area contributed by atoms with Crippen molar-refractivity contribution in [3.05, 3.63) is 189 Å². The molecule has 0 atom stereocenters. The first-order chi connectivity index (χ1) is 49.7. The minimum absolute atomic E-state index is 0.00291. The van der Waals surface area contributed by atoms with Crippen molar-refractivity contribution in [2.75, 3.05) is 52.7 Å². The van der Waals surface area contributed by atoms with E-state index >= 15 is 0 Å². The second-order valence-corrected chi connectivity index (χ2v) is 24.5. The second-order valence-electron chi connectivity index (χ2n) is 19.9. The molecule has 0 aliphatic heterocycles. The topological polar surface area (TPSA) is 627 Å². The molecule has 570 valence electrons. The Balaban J connectivity index is 0.000000500. The number of nitrogens with one attached hydrogen (secondary N) is 1. The maximum Gasteiger partial charge on any atom is 0.425 e. The second kappa shape index (κ2) is 44.7. The van der Waals surface area contributed by atoms with E-state index in [1.165, 1.54) is 114 Å². The molecule has 0 unspecified atom stereocenters. The van der Waals surface area contributed by atoms with Crippen LogP contribution in [0.1, 0.15) is 67.9 Å². The van der Waals surface area contributed by atoms with E-state index < -0.39 is 74.3 Å². The molecule has 0 saturated heterocycles. The number of carbonyl (C=O) groups is 3. The number of aliphatic hydroxyl groups is 3. The predicted octanol–water partition coefficient (Wildman–Crippen LogP) is 2.68. The van der Waals surface area contributed by atoms with Gasteiger partial charge in [-0.1, -0.05) is 60.7 Å². The lowest BCUT2D eigenvalue weighted by molar-refractivity contribution is -0.122. The molecule has 7 aromatic rings. The van der Waals surface area contributed by atoms with E-state index in [1.54, 1.807) is 60.7 Å². The van der Waals surface area contributed by atoms with Crippen molar-refractivity contribution in [1.82, 2.24) is 10.2 Å². The van der Waals surface area contributed by atoms with Gasteiger partial charge in [0.2, 0.25) is 5.75 Å². The normalized spacial score (nSPS) is 11.1. The molecule has 0 radical (unpaired) electrons. The number of hydrogen-bond acceptors (Lipinski definition) is 33. The zero-order valence-electron chi connectivity index (χ0n) is 55.9. The number of ether oxygens (including phenoxy) is 5. The molecule has 6 aromatic carbocycles. The van der Waals surface area contributed by atoms with Crippen molar-refractivity contribution in [3.63, 3.8) is 0 Å². The van der Waals surface area contributed by atoms with E-state index in [0.717, 1.165) is 22.5 Å². The monoisotopic (exact) mass is 1590 g/mol. The molecule has 0 spiro atoms. The Morgan fingerprint density at radius 2 is 0.736 bits per heavy atom. The number of nitrogen functional groups attached to an aromatic ring is 3. The fourth-order valence-corrected chi connectivity index (χ4v) is 9.14. The number of nitrogens with two attached hydrogens (primary N) is 6. The molecule has 0 aliphatic rings. The molecule has 7 rings (SSSR count). The average Bonchev–Trinajstić information content (AvgIpc) is 0.927. The maximum absolute atomic E-state index is 12.3. The number of rotatable bonds is 28. The summed E-state index contributed by atoms with van der Waals surface area (Å²) in [5.41, 5.74) is 25.8. The van der Waals surface area contributed by atoms with Crippen LogP contribution in [-0.4, -0.2) is 142 Å². The summed E-state index contributed by atoms with van der Waals surface area (Å²) in [4.78, 5) is 36.3. The van der Waals surface area contributed by atoms with Crippen LogP contribution in [0.3, 0.4) is 0 Å². The Kier molecular flexibility index (Phi) is 38.1. The van der Waals surface area contributed by atoms with Crippen molar-refractivity contribution in [2.24, 2.45) is 15.4 Å². The third-order valence-electron chi connectivity index (χ3n) is 12.5. The summed E-state index contributed by atoms with van der Waals surface area (Å²) in [6.45, 7) is -0.609. The average molecular weight is 1590 g/mol. The zero-order valence-corrected chi connectivity index (χ0v) is 60.8. The molecule has 0 aliphatic carbocycles. The number of H-pyrrole nitrogens is 1. The van der Waals surface area contributed by atoms with Crippen molar-refractivity contribution in [1.29, 1.82) is 0 Å². The van der Waals surface area contributed by atoms with Crippen molar-refractivity contribution >= 4 is 146 Å². The number of methoxy groups -OCH3 is 5. The molecular weight excluding hydrogens is 1530 g/mol. The van der Waals surface area contributed by atoms with E-state index in [1.807, 2.05) is 36.4 Å². The van der Waals surface area contributed by atoms with Crippen molar-refractivity contribution in [3.8, 4) is 46.0 Å². The number of aliphatic hydroxyl groups excluding tert-OH is 3. The Labute approximate surface area is 610 Å². The van der Waals surface area contributed by atoms with Crippen LogP contribution in [0.5, 0.6) is 46.0 Å². The molecule has 37 nitrogen and oxygen atoms in total. The summed E-state index contributed by atoms with van der Waals surface area (Å²) in [5, 5.41) is 49.7. The first-order valence-corrected chi connectivity index (χ1v) is 36.0. The number of anilines is 3. The van der Waals surface area contributed by atoms with E-state index in [4.69, 9.17) is 98.4 Å². The zero-order chi connectivity index (χ0) is 80.1. The third kappa shape index (κ3) is 35.9. The van der Waals surface area contributed by atoms with Crippen LogP contribution in [0.25, 0.3) is 48.6 Å². The number of aromatic nitrogens is 2. The Hall–Kier alpha value is -11.7. The number of allylic oxidation sites excluding steroid dienone is 4. The molecule has 16 N–H and O–H groups in total. The van der Waals surface area contributed by atoms with Gasteiger partial charge in [0.1, 0.15) is 5.75 Å². The summed E-state index contributed by atoms with van der Waals surface area (Å²) >= 11 is 0. The molecule has 0 fully saturated rings. The van der Waals surface area contributed by atoms with Gasteiger partial charge in [-0.15, -0.1) is 37.9 Å². The number of benzene rings is 6. The third-order valence-corrected chi connectivity index (χ3v) is 13.7. The standard InChI is InChI=1S/C21H22N4O5S.C21H24N2O8S.C21H22N2O7S.3O3S/c1-29-21-11-15(5-9-20(21)30-31(23,27)28)3-7-18-12-17(24-25-18)6-2-14-4-8-19(22)16(10-14)13-26;1-28-17-9-13(8-15(12-24)20(17)22)4-6-16(25)7-5-14-10-18(29-2)21(19(11-14)30-3)31-32(23,26)27;1-29-21-11-15(5-9-20(21)30-31(23,27)28)3-7-18(26)12-17(25)6-2-14-4-8-19(22)16(10-14)13-24;3*1-4(2)3/h2-12,26H,13,22H2,1H3,(H,24,25)(H2,23,27,28);4-11,24H,12,22H2,1-3H3,(H2,23,26,27);2-11,24H,12-13,22H2,1H3,(H2,23,27,28);;;/b6-2+,7-3+;6-4+,7-5+;6-2+,7-3+;;;. The largest absolute Gasteiger partial charge is 0.495 e. The molecule has 0 amide bonds. The Morgan fingerprint density at radius 1 is 0.406 bits per heavy atom. The van der Waals surface area contributed by atoms with Gasteiger partial charge in [-0.05, 0) is 149 Å². The quantitative estimate of drug-likeness (QED) is 0.0191. The predicted molar refractivity (Wildman–Crippen MR) is 385 cm³/mol. The van der Waals surface area contributed by atoms with E-state index in [2.05, 4.69) is 18.6 Å². The molecule has 0 saturated carbocycles. The van der Waals surface area contributed by atoms with E-state index in [9.17, 15) is 55.0 Å². The van der Waals surface area contributed by atoms with Gasteiger partial charge in [-0.25, -0.2) is 0 Å². The van der Waals surface area contributed by atoms with Gasteiger partial charge >= 0.3 is 62.7 Å². The van der Waals surface area contributed by atoms with Crippen LogP contribution in [-0.2, 0) is 96.9 Å². The lowest BCUT2D eigenvalue weighted by Gasteiger charge is -2.13. The highest BCUT2D eigenvalue weighted by molar-refractivity contribution is 7.85. The van der Waals surface area contributed by atoms with E-state index in [-0.39, 0.29) is 72.3 Å². The van der Waals surface area contributed by atoms with Gasteiger partial charge in [-0.2, -0.15) is 45.8 Å². The number of nitrogens with zero attached hydrogens (tertiary/aromatic N) is 1. The number of ketones is 3. The van der Waals surface area contributed by atoms with Gasteiger partial charge in [0.25, 0.3) is 0 Å². The van der Waals surface area contributed by atoms with Crippen LogP contribution < -0.4 is 68.9 Å². The first-order valence-electron chi connectivity index (χ1n) is 28.6.